The molecule has 2 unspecified atom stereocenters. The van der Waals surface area contributed by atoms with Crippen LogP contribution in [0.4, 0.5) is 0 Å². The van der Waals surface area contributed by atoms with E-state index in [4.69, 9.17) is 37.0 Å². The Kier molecular flexibility index (Phi) is 59.2. The Bertz CT molecular complexity index is 1670. The summed E-state index contributed by atoms with van der Waals surface area (Å²) in [5, 5.41) is 10.6. The minimum absolute atomic E-state index is 0.106. The van der Waals surface area contributed by atoms with E-state index in [0.29, 0.717) is 31.6 Å². The van der Waals surface area contributed by atoms with Gasteiger partial charge in [0.25, 0.3) is 0 Å². The van der Waals surface area contributed by atoms with Crippen LogP contribution in [-0.2, 0) is 65.4 Å². The number of esters is 4. The second kappa shape index (κ2) is 60.6. The molecule has 0 spiro atoms. The summed E-state index contributed by atoms with van der Waals surface area (Å²) in [6, 6.07) is 0. The zero-order valence-electron chi connectivity index (χ0n) is 55.4. The van der Waals surface area contributed by atoms with Gasteiger partial charge in [-0.2, -0.15) is 0 Å². The Hall–Kier alpha value is -1.94. The molecule has 0 rings (SSSR count). The lowest BCUT2D eigenvalue weighted by atomic mass is 10.0. The van der Waals surface area contributed by atoms with Crippen molar-refractivity contribution in [3.8, 4) is 0 Å². The van der Waals surface area contributed by atoms with E-state index in [9.17, 15) is 43.2 Å². The molecule has 17 nitrogen and oxygen atoms in total. The second-order valence-corrected chi connectivity index (χ2v) is 27.6. The van der Waals surface area contributed by atoms with Gasteiger partial charge in [0.1, 0.15) is 19.3 Å². The monoisotopic (exact) mass is 1270 g/mol. The first kappa shape index (κ1) is 84.1. The lowest BCUT2D eigenvalue weighted by Crippen LogP contribution is -2.30. The number of carbonyl (C=O) groups is 4. The number of carbonyl (C=O) groups excluding carboxylic acids is 4. The topological polar surface area (TPSA) is 237 Å². The van der Waals surface area contributed by atoms with Crippen molar-refractivity contribution < 1.29 is 80.2 Å². The van der Waals surface area contributed by atoms with Gasteiger partial charge in [-0.3, -0.25) is 37.3 Å². The summed E-state index contributed by atoms with van der Waals surface area (Å²) in [7, 11) is -9.89. The molecule has 0 aliphatic rings. The molecule has 0 aliphatic heterocycles. The van der Waals surface area contributed by atoms with E-state index in [1.54, 1.807) is 0 Å². The number of hydrogen-bond acceptors (Lipinski definition) is 15. The predicted octanol–water partition coefficient (Wildman–Crippen LogP) is 19.0. The summed E-state index contributed by atoms with van der Waals surface area (Å²) in [4.78, 5) is 72.3. The molecule has 0 bridgehead atoms. The third-order valence-corrected chi connectivity index (χ3v) is 17.4. The lowest BCUT2D eigenvalue weighted by Gasteiger charge is -2.21. The Morgan fingerprint density at radius 3 is 0.791 bits per heavy atom. The number of phosphoric acid groups is 2. The molecule has 0 heterocycles. The quantitative estimate of drug-likeness (QED) is 0.0222. The van der Waals surface area contributed by atoms with Crippen molar-refractivity contribution >= 4 is 39.5 Å². The molecule has 86 heavy (non-hydrogen) atoms. The van der Waals surface area contributed by atoms with Gasteiger partial charge in [-0.25, -0.2) is 9.13 Å². The minimum Gasteiger partial charge on any atom is -0.462 e. The number of hydrogen-bond donors (Lipinski definition) is 3. The Labute approximate surface area is 524 Å². The van der Waals surface area contributed by atoms with Crippen LogP contribution in [0.3, 0.4) is 0 Å². The smallest absolute Gasteiger partial charge is 0.462 e. The van der Waals surface area contributed by atoms with Gasteiger partial charge in [0.2, 0.25) is 0 Å². The van der Waals surface area contributed by atoms with E-state index in [0.717, 1.165) is 96.3 Å². The van der Waals surface area contributed by atoms with E-state index in [2.05, 4.69) is 34.6 Å². The molecule has 0 saturated heterocycles. The SMILES string of the molecule is CCCCCCCCCCCCCCCCCCC(=O)O[C@H](COC(=O)CCCCCCCCCCCCC)COP(=O)(O)OC[C@@H](O)COP(=O)(O)OC[C@@H](COC(=O)CCCCCCCCC(C)C)OC(=O)CCCCCCCCCCCC. The molecule has 0 aliphatic carbocycles. The Balaban J connectivity index is 5.22. The van der Waals surface area contributed by atoms with Gasteiger partial charge in [-0.05, 0) is 31.6 Å². The first-order valence-electron chi connectivity index (χ1n) is 35.1. The van der Waals surface area contributed by atoms with Crippen molar-refractivity contribution in [1.29, 1.82) is 0 Å². The van der Waals surface area contributed by atoms with Crippen LogP contribution in [-0.4, -0.2) is 96.7 Å². The number of rotatable bonds is 67. The van der Waals surface area contributed by atoms with Gasteiger partial charge < -0.3 is 33.8 Å². The van der Waals surface area contributed by atoms with E-state index < -0.39 is 97.5 Å². The summed E-state index contributed by atoms with van der Waals surface area (Å²) in [6.07, 6.45) is 45.9. The number of aliphatic hydroxyl groups excluding tert-OH is 1. The van der Waals surface area contributed by atoms with Crippen molar-refractivity contribution in [3.63, 3.8) is 0 Å². The summed E-state index contributed by atoms with van der Waals surface area (Å²) in [5.41, 5.74) is 0. The second-order valence-electron chi connectivity index (χ2n) is 24.7. The van der Waals surface area contributed by atoms with Crippen LogP contribution in [0, 0.1) is 5.92 Å². The Morgan fingerprint density at radius 2 is 0.535 bits per heavy atom. The van der Waals surface area contributed by atoms with Crippen LogP contribution in [0.5, 0.6) is 0 Å². The summed E-state index contributed by atoms with van der Waals surface area (Å²) >= 11 is 0. The predicted molar refractivity (Wildman–Crippen MR) is 345 cm³/mol. The lowest BCUT2D eigenvalue weighted by molar-refractivity contribution is -0.161. The van der Waals surface area contributed by atoms with E-state index in [-0.39, 0.29) is 25.7 Å². The number of unbranched alkanes of at least 4 members (excludes halogenated alkanes) is 39. The molecule has 5 atom stereocenters. The minimum atomic E-state index is -4.95. The molecule has 19 heteroatoms. The summed E-state index contributed by atoms with van der Waals surface area (Å²) in [5.74, 6) is -1.45. The molecule has 0 amide bonds. The normalized spacial score (nSPS) is 14.2. The van der Waals surface area contributed by atoms with Gasteiger partial charge in [0, 0.05) is 25.7 Å². The Morgan fingerprint density at radius 1 is 0.314 bits per heavy atom. The van der Waals surface area contributed by atoms with Crippen LogP contribution in [0.15, 0.2) is 0 Å². The van der Waals surface area contributed by atoms with E-state index in [1.807, 2.05) is 0 Å². The highest BCUT2D eigenvalue weighted by atomic mass is 31.2. The average Bonchev–Trinajstić information content (AvgIpc) is 3.65. The van der Waals surface area contributed by atoms with Gasteiger partial charge >= 0.3 is 39.5 Å². The van der Waals surface area contributed by atoms with Crippen molar-refractivity contribution in [2.75, 3.05) is 39.6 Å². The molecule has 0 saturated carbocycles. The summed E-state index contributed by atoms with van der Waals surface area (Å²) < 4.78 is 68.1. The fraction of sp³-hybridized carbons (Fsp3) is 0.940. The van der Waals surface area contributed by atoms with Crippen LogP contribution in [0.25, 0.3) is 0 Å². The zero-order chi connectivity index (χ0) is 63.5. The molecule has 510 valence electrons. The highest BCUT2D eigenvalue weighted by Crippen LogP contribution is 2.45. The molecule has 0 fully saturated rings. The zero-order valence-corrected chi connectivity index (χ0v) is 57.2. The highest BCUT2D eigenvalue weighted by molar-refractivity contribution is 7.47. The van der Waals surface area contributed by atoms with Gasteiger partial charge in [-0.1, -0.05) is 291 Å². The third kappa shape index (κ3) is 60.9. The third-order valence-electron chi connectivity index (χ3n) is 15.5. The summed E-state index contributed by atoms with van der Waals surface area (Å²) in [6.45, 7) is 7.13. The molecule has 0 aromatic heterocycles. The van der Waals surface area contributed by atoms with Crippen LogP contribution in [0.2, 0.25) is 0 Å². The van der Waals surface area contributed by atoms with Gasteiger partial charge in [0.05, 0.1) is 26.4 Å². The molecular formula is C67H130O17P2. The number of ether oxygens (including phenoxy) is 4. The fourth-order valence-corrected chi connectivity index (χ4v) is 11.7. The highest BCUT2D eigenvalue weighted by Gasteiger charge is 2.30. The maximum atomic E-state index is 13.0. The van der Waals surface area contributed by atoms with Crippen LogP contribution < -0.4 is 0 Å². The van der Waals surface area contributed by atoms with E-state index >= 15 is 0 Å². The molecule has 0 aromatic carbocycles. The van der Waals surface area contributed by atoms with Crippen molar-refractivity contribution in [3.05, 3.63) is 0 Å². The van der Waals surface area contributed by atoms with Crippen LogP contribution in [0.1, 0.15) is 343 Å². The molecule has 0 aromatic rings. The largest absolute Gasteiger partial charge is 0.472 e. The molecule has 0 radical (unpaired) electrons. The van der Waals surface area contributed by atoms with Gasteiger partial charge in [-0.15, -0.1) is 0 Å². The number of phosphoric ester groups is 2. The number of aliphatic hydroxyl groups is 1. The van der Waals surface area contributed by atoms with Crippen LogP contribution >= 0.6 is 15.6 Å². The molecule has 3 N–H and O–H groups in total. The first-order valence-corrected chi connectivity index (χ1v) is 38.1. The maximum Gasteiger partial charge on any atom is 0.472 e. The van der Waals surface area contributed by atoms with Crippen molar-refractivity contribution in [1.82, 2.24) is 0 Å². The fourth-order valence-electron chi connectivity index (χ4n) is 10.1. The first-order chi connectivity index (χ1) is 41.5. The maximum absolute atomic E-state index is 13.0. The molecular weight excluding hydrogens is 1140 g/mol. The van der Waals surface area contributed by atoms with Crippen molar-refractivity contribution in [2.45, 2.75) is 361 Å². The van der Waals surface area contributed by atoms with Gasteiger partial charge in [0.15, 0.2) is 12.2 Å². The average molecular weight is 1270 g/mol. The standard InChI is InChI=1S/C67H130O17P2/c1-6-9-12-15-18-21-24-25-26-27-28-30-33-36-43-48-53-67(72)83-62(56-77-64(69)50-45-40-34-32-29-22-19-16-13-10-7-2)58-81-85(73,74)79-54-61(68)55-80-86(75,76)82-59-63(57-78-65(70)51-46-41-38-37-39-44-49-60(4)5)84-66(71)52-47-42-35-31-23-20-17-14-11-8-3/h60-63,68H,6-59H2,1-5H3,(H,73,74)(H,75,76)/t61-,62-,63-/m1/s1. The van der Waals surface area contributed by atoms with E-state index in [1.165, 1.54) is 161 Å². The van der Waals surface area contributed by atoms with Crippen molar-refractivity contribution in [2.24, 2.45) is 5.92 Å².